The monoisotopic (exact) mass is 373 g/mol. The van der Waals surface area contributed by atoms with Crippen LogP contribution in [0.25, 0.3) is 0 Å². The molecule has 1 aromatic rings. The summed E-state index contributed by atoms with van der Waals surface area (Å²) in [5.74, 6) is 0.258. The number of alkyl halides is 2. The van der Waals surface area contributed by atoms with Crippen LogP contribution in [0, 0.1) is 11.7 Å². The maximum Gasteiger partial charge on any atom is 0.387 e. The number of halogens is 3. The van der Waals surface area contributed by atoms with Crippen LogP contribution in [0.15, 0.2) is 18.2 Å². The van der Waals surface area contributed by atoms with Gasteiger partial charge >= 0.3 is 6.61 Å². The van der Waals surface area contributed by atoms with Crippen molar-refractivity contribution in [2.45, 2.75) is 70.6 Å². The van der Waals surface area contributed by atoms with Gasteiger partial charge in [-0.05, 0) is 63.0 Å². The van der Waals surface area contributed by atoms with Crippen LogP contribution in [-0.2, 0) is 4.79 Å². The Balaban J connectivity index is 0.000000209. The summed E-state index contributed by atoms with van der Waals surface area (Å²) in [6.45, 7) is -0.661. The van der Waals surface area contributed by atoms with Gasteiger partial charge in [-0.2, -0.15) is 8.78 Å². The highest BCUT2D eigenvalue weighted by Crippen LogP contribution is 2.33. The van der Waals surface area contributed by atoms with Crippen molar-refractivity contribution < 1.29 is 27.4 Å². The maximum absolute atomic E-state index is 12.9. The number of amides is 1. The molecule has 4 nitrogen and oxygen atoms in total. The average Bonchev–Trinajstić information content (AvgIpc) is 2.56. The van der Waals surface area contributed by atoms with Crippen molar-refractivity contribution in [2.75, 3.05) is 0 Å². The number of carbonyl (C=O) groups is 1. The molecule has 1 amide bonds. The second kappa shape index (κ2) is 10.3. The average molecular weight is 373 g/mol. The van der Waals surface area contributed by atoms with Crippen LogP contribution in [-0.4, -0.2) is 25.2 Å². The van der Waals surface area contributed by atoms with Crippen LogP contribution in [0.1, 0.15) is 51.9 Å². The molecule has 26 heavy (non-hydrogen) atoms. The molecule has 2 saturated carbocycles. The fourth-order valence-corrected chi connectivity index (χ4v) is 2.96. The third kappa shape index (κ3) is 6.77. The molecule has 146 valence electrons. The van der Waals surface area contributed by atoms with E-state index in [0.29, 0.717) is 6.04 Å². The fourth-order valence-electron chi connectivity index (χ4n) is 2.96. The lowest BCUT2D eigenvalue weighted by atomic mass is 9.87. The van der Waals surface area contributed by atoms with Gasteiger partial charge in [-0.3, -0.25) is 4.79 Å². The SMILES string of the molecule is CC1CCC(NC=O)CC1.Fc1ccc(OC(F)F)c(OC2CCC2)c1. The first-order valence-electron chi connectivity index (χ1n) is 9.08. The minimum absolute atomic E-state index is 0.0122. The minimum Gasteiger partial charge on any atom is -0.486 e. The summed E-state index contributed by atoms with van der Waals surface area (Å²) in [6.07, 6.45) is 8.46. The summed E-state index contributed by atoms with van der Waals surface area (Å²) in [5, 5.41) is 2.82. The van der Waals surface area contributed by atoms with Gasteiger partial charge in [0.15, 0.2) is 11.5 Å². The van der Waals surface area contributed by atoms with E-state index in [-0.39, 0.29) is 17.6 Å². The second-order valence-corrected chi connectivity index (χ2v) is 6.88. The second-order valence-electron chi connectivity index (χ2n) is 6.88. The van der Waals surface area contributed by atoms with Crippen molar-refractivity contribution in [3.05, 3.63) is 24.0 Å². The van der Waals surface area contributed by atoms with E-state index in [1.165, 1.54) is 25.7 Å². The van der Waals surface area contributed by atoms with E-state index in [1.807, 2.05) is 0 Å². The fraction of sp³-hybridized carbons (Fsp3) is 0.632. The number of hydrogen-bond acceptors (Lipinski definition) is 3. The molecule has 0 radical (unpaired) electrons. The van der Waals surface area contributed by atoms with Crippen LogP contribution < -0.4 is 14.8 Å². The van der Waals surface area contributed by atoms with Crippen molar-refractivity contribution in [3.63, 3.8) is 0 Å². The highest BCUT2D eigenvalue weighted by Gasteiger charge is 2.22. The minimum atomic E-state index is -2.94. The van der Waals surface area contributed by atoms with Crippen LogP contribution in [0.5, 0.6) is 11.5 Å². The van der Waals surface area contributed by atoms with Crippen LogP contribution in [0.3, 0.4) is 0 Å². The largest absolute Gasteiger partial charge is 0.486 e. The van der Waals surface area contributed by atoms with Gasteiger partial charge in [-0.25, -0.2) is 4.39 Å². The molecule has 0 atom stereocenters. The Hall–Kier alpha value is -1.92. The van der Waals surface area contributed by atoms with Gasteiger partial charge in [0.2, 0.25) is 6.41 Å². The predicted octanol–water partition coefficient (Wildman–Crippen LogP) is 4.67. The molecule has 7 heteroatoms. The molecule has 2 aliphatic rings. The Bertz CT molecular complexity index is 559. The number of nitrogens with one attached hydrogen (secondary N) is 1. The molecule has 0 bridgehead atoms. The first kappa shape index (κ1) is 20.4. The Labute approximate surface area is 152 Å². The number of hydrogen-bond donors (Lipinski definition) is 1. The van der Waals surface area contributed by atoms with Crippen LogP contribution in [0.2, 0.25) is 0 Å². The van der Waals surface area contributed by atoms with Crippen molar-refractivity contribution in [1.29, 1.82) is 0 Å². The highest BCUT2D eigenvalue weighted by molar-refractivity contribution is 5.46. The molecule has 1 N–H and O–H groups in total. The van der Waals surface area contributed by atoms with Crippen molar-refractivity contribution in [1.82, 2.24) is 5.32 Å². The zero-order valence-corrected chi connectivity index (χ0v) is 14.9. The maximum atomic E-state index is 12.9. The van der Waals surface area contributed by atoms with Crippen molar-refractivity contribution >= 4 is 6.41 Å². The summed E-state index contributed by atoms with van der Waals surface area (Å²) < 4.78 is 46.7. The normalized spacial score (nSPS) is 22.7. The zero-order chi connectivity index (χ0) is 18.9. The van der Waals surface area contributed by atoms with Crippen molar-refractivity contribution in [2.24, 2.45) is 5.92 Å². The Morgan fingerprint density at radius 3 is 2.35 bits per heavy atom. The van der Waals surface area contributed by atoms with E-state index < -0.39 is 12.4 Å². The molecule has 2 fully saturated rings. The van der Waals surface area contributed by atoms with Gasteiger partial charge in [0, 0.05) is 12.1 Å². The standard InChI is InChI=1S/C11H11F3O2.C8H15NO/c12-7-4-5-9(16-11(13)14)10(6-7)15-8-2-1-3-8;1-7-2-4-8(5-3-7)9-6-10/h4-6,8,11H,1-3H2;6-8H,2-5H2,1H3,(H,9,10). The first-order valence-corrected chi connectivity index (χ1v) is 9.08. The van der Waals surface area contributed by atoms with Gasteiger partial charge in [0.1, 0.15) is 5.82 Å². The molecule has 1 aromatic carbocycles. The number of ether oxygens (including phenoxy) is 2. The topological polar surface area (TPSA) is 47.6 Å². The third-order valence-electron chi connectivity index (χ3n) is 4.79. The van der Waals surface area contributed by atoms with Crippen LogP contribution >= 0.6 is 0 Å². The molecule has 0 spiro atoms. The number of carbonyl (C=O) groups excluding carboxylic acids is 1. The van der Waals surface area contributed by atoms with Gasteiger partial charge in [0.05, 0.1) is 6.10 Å². The molecule has 2 aliphatic carbocycles. The molecule has 0 heterocycles. The Morgan fingerprint density at radius 1 is 1.12 bits per heavy atom. The Kier molecular flexibility index (Phi) is 8.06. The smallest absolute Gasteiger partial charge is 0.387 e. The predicted molar refractivity (Wildman–Crippen MR) is 91.9 cm³/mol. The summed E-state index contributed by atoms with van der Waals surface area (Å²) >= 11 is 0. The summed E-state index contributed by atoms with van der Waals surface area (Å²) in [6, 6.07) is 3.74. The zero-order valence-electron chi connectivity index (χ0n) is 14.9. The van der Waals surface area contributed by atoms with E-state index >= 15 is 0 Å². The third-order valence-corrected chi connectivity index (χ3v) is 4.79. The summed E-state index contributed by atoms with van der Waals surface area (Å²) in [5.41, 5.74) is 0. The number of rotatable bonds is 6. The van der Waals surface area contributed by atoms with E-state index in [0.717, 1.165) is 49.8 Å². The van der Waals surface area contributed by atoms with Gasteiger partial charge in [-0.1, -0.05) is 6.92 Å². The number of benzene rings is 1. The molecular weight excluding hydrogens is 347 g/mol. The first-order chi connectivity index (χ1) is 12.5. The van der Waals surface area contributed by atoms with Gasteiger partial charge in [-0.15, -0.1) is 0 Å². The van der Waals surface area contributed by atoms with E-state index in [1.54, 1.807) is 0 Å². The van der Waals surface area contributed by atoms with Crippen molar-refractivity contribution in [3.8, 4) is 11.5 Å². The van der Waals surface area contributed by atoms with Crippen LogP contribution in [0.4, 0.5) is 13.2 Å². The molecule has 0 aromatic heterocycles. The summed E-state index contributed by atoms with van der Waals surface area (Å²) in [4.78, 5) is 10.0. The van der Waals surface area contributed by atoms with E-state index in [2.05, 4.69) is 17.0 Å². The molecule has 0 unspecified atom stereocenters. The lowest BCUT2D eigenvalue weighted by molar-refractivity contribution is -0.110. The summed E-state index contributed by atoms with van der Waals surface area (Å²) in [7, 11) is 0. The molecule has 0 saturated heterocycles. The van der Waals surface area contributed by atoms with E-state index in [9.17, 15) is 18.0 Å². The lowest BCUT2D eigenvalue weighted by Crippen LogP contribution is -2.31. The lowest BCUT2D eigenvalue weighted by Gasteiger charge is -2.27. The van der Waals surface area contributed by atoms with E-state index in [4.69, 9.17) is 4.74 Å². The quantitative estimate of drug-likeness (QED) is 0.737. The highest BCUT2D eigenvalue weighted by atomic mass is 19.3. The van der Waals surface area contributed by atoms with Gasteiger partial charge < -0.3 is 14.8 Å². The van der Waals surface area contributed by atoms with Gasteiger partial charge in [0.25, 0.3) is 0 Å². The molecule has 0 aliphatic heterocycles. The molecular formula is C19H26F3NO3. The molecule has 3 rings (SSSR count). The Morgan fingerprint density at radius 2 is 1.81 bits per heavy atom.